The largest absolute Gasteiger partial charge is 0.449 e. The van der Waals surface area contributed by atoms with Crippen LogP contribution < -0.4 is 5.43 Å². The van der Waals surface area contributed by atoms with Crippen molar-refractivity contribution in [2.75, 3.05) is 6.61 Å². The van der Waals surface area contributed by atoms with Crippen molar-refractivity contribution in [1.82, 2.24) is 5.43 Å². The number of benzene rings is 1. The number of carbonyl (C=O) groups excluding carboxylic acids is 1. The van der Waals surface area contributed by atoms with E-state index in [1.807, 2.05) is 30.3 Å². The van der Waals surface area contributed by atoms with E-state index in [4.69, 9.17) is 4.74 Å². The molecule has 1 rings (SSSR count). The first-order valence-corrected chi connectivity index (χ1v) is 6.32. The van der Waals surface area contributed by atoms with Gasteiger partial charge >= 0.3 is 6.09 Å². The molecule has 0 unspecified atom stereocenters. The van der Waals surface area contributed by atoms with Crippen LogP contribution >= 0.6 is 0 Å². The quantitative estimate of drug-likeness (QED) is 0.620. The molecule has 1 aromatic rings. The van der Waals surface area contributed by atoms with Crippen molar-refractivity contribution in [3.05, 3.63) is 35.9 Å². The summed E-state index contributed by atoms with van der Waals surface area (Å²) in [4.78, 5) is 11.2. The third kappa shape index (κ3) is 4.99. The van der Waals surface area contributed by atoms with Crippen molar-refractivity contribution >= 4 is 11.8 Å². The molecule has 98 valence electrons. The smallest absolute Gasteiger partial charge is 0.427 e. The lowest BCUT2D eigenvalue weighted by molar-refractivity contribution is 0.152. The van der Waals surface area contributed by atoms with Gasteiger partial charge in [0.15, 0.2) is 0 Å². The number of amides is 1. The van der Waals surface area contributed by atoms with Gasteiger partial charge in [-0.05, 0) is 25.3 Å². The molecule has 0 aliphatic heterocycles. The number of unbranched alkanes of at least 4 members (excludes halogenated alkanes) is 1. The first kappa shape index (κ1) is 14.2. The number of hydrogen-bond acceptors (Lipinski definition) is 3. The van der Waals surface area contributed by atoms with Crippen LogP contribution in [0.1, 0.15) is 38.7 Å². The Morgan fingerprint density at radius 1 is 1.28 bits per heavy atom. The number of rotatable bonds is 6. The Morgan fingerprint density at radius 2 is 2.00 bits per heavy atom. The average Bonchev–Trinajstić information content (AvgIpc) is 2.40. The topological polar surface area (TPSA) is 50.7 Å². The fourth-order valence-electron chi connectivity index (χ4n) is 1.52. The molecule has 0 atom stereocenters. The van der Waals surface area contributed by atoms with Gasteiger partial charge in [0.2, 0.25) is 0 Å². The summed E-state index contributed by atoms with van der Waals surface area (Å²) < 4.78 is 4.78. The maximum atomic E-state index is 11.2. The van der Waals surface area contributed by atoms with Crippen LogP contribution in [0.25, 0.3) is 0 Å². The number of nitrogens with zero attached hydrogens (tertiary/aromatic N) is 1. The average molecular weight is 248 g/mol. The monoisotopic (exact) mass is 248 g/mol. The lowest BCUT2D eigenvalue weighted by Crippen LogP contribution is -2.21. The minimum absolute atomic E-state index is 0.344. The first-order valence-electron chi connectivity index (χ1n) is 6.32. The third-order valence-corrected chi connectivity index (χ3v) is 2.43. The number of hydrogen-bond donors (Lipinski definition) is 1. The summed E-state index contributed by atoms with van der Waals surface area (Å²) in [5.74, 6) is 0. The summed E-state index contributed by atoms with van der Waals surface area (Å²) >= 11 is 0. The van der Waals surface area contributed by atoms with Crippen LogP contribution in [0.5, 0.6) is 0 Å². The molecule has 1 aromatic carbocycles. The highest BCUT2D eigenvalue weighted by molar-refractivity contribution is 6.00. The summed E-state index contributed by atoms with van der Waals surface area (Å²) in [5, 5.41) is 4.14. The normalized spacial score (nSPS) is 11.1. The standard InChI is InChI=1S/C14H20N2O2/c1-3-5-11-13(12-9-7-6-8-10-12)15-16-14(17)18-4-2/h6-10H,3-5,11H2,1-2H3,(H,16,17). The number of carbonyl (C=O) groups is 1. The van der Waals surface area contributed by atoms with Crippen LogP contribution in [0.3, 0.4) is 0 Å². The third-order valence-electron chi connectivity index (χ3n) is 2.43. The van der Waals surface area contributed by atoms with Crippen molar-refractivity contribution in [3.63, 3.8) is 0 Å². The van der Waals surface area contributed by atoms with E-state index in [1.165, 1.54) is 0 Å². The van der Waals surface area contributed by atoms with Gasteiger partial charge in [0.1, 0.15) is 0 Å². The molecule has 1 N–H and O–H groups in total. The molecule has 4 heteroatoms. The highest BCUT2D eigenvalue weighted by Crippen LogP contribution is 2.07. The SMILES string of the molecule is CCCCC(=NNC(=O)OCC)c1ccccc1. The molecule has 0 bridgehead atoms. The molecule has 1 amide bonds. The van der Waals surface area contributed by atoms with Crippen LogP contribution in [0.4, 0.5) is 4.79 Å². The van der Waals surface area contributed by atoms with Crippen molar-refractivity contribution in [2.45, 2.75) is 33.1 Å². The van der Waals surface area contributed by atoms with Gasteiger partial charge in [-0.15, -0.1) is 0 Å². The zero-order valence-corrected chi connectivity index (χ0v) is 11.0. The number of ether oxygens (including phenoxy) is 1. The summed E-state index contributed by atoms with van der Waals surface area (Å²) in [6.45, 7) is 4.23. The molecule has 0 aliphatic carbocycles. The fourth-order valence-corrected chi connectivity index (χ4v) is 1.52. The van der Waals surface area contributed by atoms with E-state index < -0.39 is 6.09 Å². The zero-order valence-electron chi connectivity index (χ0n) is 11.0. The highest BCUT2D eigenvalue weighted by atomic mass is 16.5. The minimum atomic E-state index is -0.512. The predicted octanol–water partition coefficient (Wildman–Crippen LogP) is 3.33. The number of hydrazone groups is 1. The highest BCUT2D eigenvalue weighted by Gasteiger charge is 2.04. The first-order chi connectivity index (χ1) is 8.77. The molecule has 4 nitrogen and oxygen atoms in total. The van der Waals surface area contributed by atoms with E-state index in [0.717, 1.165) is 30.5 Å². The molecule has 0 heterocycles. The van der Waals surface area contributed by atoms with E-state index in [9.17, 15) is 4.79 Å². The summed E-state index contributed by atoms with van der Waals surface area (Å²) in [6.07, 6.45) is 2.46. The van der Waals surface area contributed by atoms with E-state index in [-0.39, 0.29) is 0 Å². The minimum Gasteiger partial charge on any atom is -0.449 e. The van der Waals surface area contributed by atoms with Crippen molar-refractivity contribution in [1.29, 1.82) is 0 Å². The van der Waals surface area contributed by atoms with Gasteiger partial charge in [0.05, 0.1) is 12.3 Å². The molecular formula is C14H20N2O2. The summed E-state index contributed by atoms with van der Waals surface area (Å²) in [5.41, 5.74) is 4.33. The lowest BCUT2D eigenvalue weighted by atomic mass is 10.1. The molecule has 18 heavy (non-hydrogen) atoms. The van der Waals surface area contributed by atoms with Crippen LogP contribution in [0, 0.1) is 0 Å². The Bertz CT molecular complexity index is 388. The predicted molar refractivity (Wildman–Crippen MR) is 72.7 cm³/mol. The Balaban J connectivity index is 2.72. The number of nitrogens with one attached hydrogen (secondary N) is 1. The summed E-state index contributed by atoms with van der Waals surface area (Å²) in [7, 11) is 0. The Labute approximate surface area is 108 Å². The maximum Gasteiger partial charge on any atom is 0.427 e. The van der Waals surface area contributed by atoms with Gasteiger partial charge in [-0.25, -0.2) is 10.2 Å². The van der Waals surface area contributed by atoms with Gasteiger partial charge in [-0.2, -0.15) is 5.10 Å². The molecule has 0 saturated heterocycles. The molecule has 0 aliphatic rings. The molecule has 0 fully saturated rings. The van der Waals surface area contributed by atoms with Crippen molar-refractivity contribution in [3.8, 4) is 0 Å². The van der Waals surface area contributed by atoms with E-state index in [2.05, 4.69) is 17.5 Å². The maximum absolute atomic E-state index is 11.2. The van der Waals surface area contributed by atoms with Crippen molar-refractivity contribution in [2.24, 2.45) is 5.10 Å². The van der Waals surface area contributed by atoms with E-state index >= 15 is 0 Å². The second kappa shape index (κ2) is 8.28. The summed E-state index contributed by atoms with van der Waals surface area (Å²) in [6, 6.07) is 9.85. The zero-order chi connectivity index (χ0) is 13.2. The Kier molecular flexibility index (Phi) is 6.54. The fraction of sp³-hybridized carbons (Fsp3) is 0.429. The lowest BCUT2D eigenvalue weighted by Gasteiger charge is -2.07. The van der Waals surface area contributed by atoms with Crippen LogP contribution in [-0.4, -0.2) is 18.4 Å². The van der Waals surface area contributed by atoms with Crippen LogP contribution in [0.2, 0.25) is 0 Å². The van der Waals surface area contributed by atoms with Gasteiger partial charge in [0, 0.05) is 0 Å². The van der Waals surface area contributed by atoms with E-state index in [1.54, 1.807) is 6.92 Å². The molecule has 0 saturated carbocycles. The van der Waals surface area contributed by atoms with Gasteiger partial charge in [0.25, 0.3) is 0 Å². The molecule has 0 aromatic heterocycles. The van der Waals surface area contributed by atoms with Crippen LogP contribution in [-0.2, 0) is 4.74 Å². The molecule has 0 radical (unpaired) electrons. The van der Waals surface area contributed by atoms with E-state index in [0.29, 0.717) is 6.61 Å². The van der Waals surface area contributed by atoms with Gasteiger partial charge < -0.3 is 4.74 Å². The molecular weight excluding hydrogens is 228 g/mol. The molecule has 0 spiro atoms. The van der Waals surface area contributed by atoms with Gasteiger partial charge in [-0.3, -0.25) is 0 Å². The Hall–Kier alpha value is -1.84. The van der Waals surface area contributed by atoms with Crippen molar-refractivity contribution < 1.29 is 9.53 Å². The van der Waals surface area contributed by atoms with Crippen LogP contribution in [0.15, 0.2) is 35.4 Å². The van der Waals surface area contributed by atoms with Gasteiger partial charge in [-0.1, -0.05) is 43.7 Å². The Morgan fingerprint density at radius 3 is 2.61 bits per heavy atom. The second-order valence-corrected chi connectivity index (χ2v) is 3.86. The second-order valence-electron chi connectivity index (χ2n) is 3.86.